The van der Waals surface area contributed by atoms with E-state index in [9.17, 15) is 9.59 Å². The molecule has 1 N–H and O–H groups in total. The molecule has 0 bridgehead atoms. The van der Waals surface area contributed by atoms with Gasteiger partial charge in [-0.25, -0.2) is 14.8 Å². The number of anilines is 1. The molecular formula is C13H13N3O3. The topological polar surface area (TPSA) is 83.4 Å². The van der Waals surface area contributed by atoms with Crippen LogP contribution in [-0.2, 0) is 4.79 Å². The first-order chi connectivity index (χ1) is 9.04. The highest BCUT2D eigenvalue weighted by molar-refractivity contribution is 6.01. The lowest BCUT2D eigenvalue weighted by Crippen LogP contribution is -2.29. The normalized spacial score (nSPS) is 10.4. The van der Waals surface area contributed by atoms with Crippen molar-refractivity contribution >= 4 is 28.6 Å². The third-order valence-electron chi connectivity index (χ3n) is 2.81. The monoisotopic (exact) mass is 259 g/mol. The van der Waals surface area contributed by atoms with Gasteiger partial charge in [0, 0.05) is 18.9 Å². The number of fused-ring (bicyclic) bond motifs is 1. The number of benzene rings is 1. The molecule has 1 aromatic heterocycles. The van der Waals surface area contributed by atoms with Gasteiger partial charge in [-0.05, 0) is 25.1 Å². The lowest BCUT2D eigenvalue weighted by Gasteiger charge is -2.19. The lowest BCUT2D eigenvalue weighted by atomic mass is 10.1. The van der Waals surface area contributed by atoms with Crippen molar-refractivity contribution in [3.05, 3.63) is 30.1 Å². The average Bonchev–Trinajstić information content (AvgIpc) is 2.38. The molecule has 2 rings (SSSR count). The van der Waals surface area contributed by atoms with Crippen LogP contribution in [0.5, 0.6) is 0 Å². The van der Waals surface area contributed by atoms with Crippen LogP contribution in [0.3, 0.4) is 0 Å². The van der Waals surface area contributed by atoms with Gasteiger partial charge < -0.3 is 5.11 Å². The molecule has 0 aliphatic heterocycles. The van der Waals surface area contributed by atoms with Crippen LogP contribution in [0, 0.1) is 0 Å². The minimum atomic E-state index is -1.01. The summed E-state index contributed by atoms with van der Waals surface area (Å²) in [6.07, 6.45) is 1.33. The van der Waals surface area contributed by atoms with Crippen molar-refractivity contribution in [1.29, 1.82) is 0 Å². The third-order valence-corrected chi connectivity index (χ3v) is 2.81. The zero-order valence-corrected chi connectivity index (χ0v) is 10.6. The molecule has 0 spiro atoms. The Labute approximate surface area is 109 Å². The van der Waals surface area contributed by atoms with E-state index in [0.717, 1.165) is 0 Å². The van der Waals surface area contributed by atoms with Gasteiger partial charge in [-0.15, -0.1) is 0 Å². The van der Waals surface area contributed by atoms with E-state index in [4.69, 9.17) is 5.11 Å². The second kappa shape index (κ2) is 5.01. The number of nitrogens with zero attached hydrogens (tertiary/aromatic N) is 3. The Hall–Kier alpha value is -2.50. The summed E-state index contributed by atoms with van der Waals surface area (Å²) in [6.45, 7) is 3.80. The predicted octanol–water partition coefficient (Wildman–Crippen LogP) is 1.70. The predicted molar refractivity (Wildman–Crippen MR) is 70.2 cm³/mol. The van der Waals surface area contributed by atoms with E-state index in [1.807, 2.05) is 6.92 Å². The van der Waals surface area contributed by atoms with Gasteiger partial charge in [0.1, 0.15) is 12.1 Å². The summed E-state index contributed by atoms with van der Waals surface area (Å²) in [6, 6.07) is 4.57. The van der Waals surface area contributed by atoms with Gasteiger partial charge >= 0.3 is 5.97 Å². The number of carbonyl (C=O) groups excluding carboxylic acids is 1. The maximum Gasteiger partial charge on any atom is 0.335 e. The van der Waals surface area contributed by atoms with Crippen molar-refractivity contribution in [2.45, 2.75) is 13.8 Å². The molecule has 0 radical (unpaired) electrons. The van der Waals surface area contributed by atoms with Crippen LogP contribution < -0.4 is 4.90 Å². The Kier molecular flexibility index (Phi) is 3.41. The van der Waals surface area contributed by atoms with Crippen molar-refractivity contribution in [1.82, 2.24) is 9.97 Å². The van der Waals surface area contributed by atoms with Crippen molar-refractivity contribution in [2.24, 2.45) is 0 Å². The molecule has 1 aromatic carbocycles. The molecular weight excluding hydrogens is 246 g/mol. The molecule has 0 unspecified atom stereocenters. The number of rotatable bonds is 3. The fraction of sp³-hybridized carbons (Fsp3) is 0.231. The molecule has 6 nitrogen and oxygen atoms in total. The maximum absolute atomic E-state index is 11.6. The smallest absolute Gasteiger partial charge is 0.335 e. The van der Waals surface area contributed by atoms with E-state index in [0.29, 0.717) is 23.3 Å². The lowest BCUT2D eigenvalue weighted by molar-refractivity contribution is -0.116. The highest BCUT2D eigenvalue weighted by Gasteiger charge is 2.15. The summed E-state index contributed by atoms with van der Waals surface area (Å²) in [5.41, 5.74) is 0.660. The van der Waals surface area contributed by atoms with Crippen molar-refractivity contribution < 1.29 is 14.7 Å². The molecule has 0 saturated carbocycles. The highest BCUT2D eigenvalue weighted by Crippen LogP contribution is 2.23. The zero-order chi connectivity index (χ0) is 14.0. The highest BCUT2D eigenvalue weighted by atomic mass is 16.4. The minimum Gasteiger partial charge on any atom is -0.478 e. The summed E-state index contributed by atoms with van der Waals surface area (Å²) >= 11 is 0. The number of aromatic carboxylic acids is 1. The Morgan fingerprint density at radius 1 is 1.32 bits per heavy atom. The van der Waals surface area contributed by atoms with E-state index in [2.05, 4.69) is 9.97 Å². The van der Waals surface area contributed by atoms with E-state index in [1.165, 1.54) is 30.3 Å². The zero-order valence-electron chi connectivity index (χ0n) is 10.6. The van der Waals surface area contributed by atoms with Gasteiger partial charge in [0.05, 0.1) is 11.1 Å². The summed E-state index contributed by atoms with van der Waals surface area (Å²) < 4.78 is 0. The fourth-order valence-corrected chi connectivity index (χ4v) is 1.91. The van der Waals surface area contributed by atoms with Crippen LogP contribution in [0.1, 0.15) is 24.2 Å². The summed E-state index contributed by atoms with van der Waals surface area (Å²) in [5.74, 6) is -0.636. The van der Waals surface area contributed by atoms with Crippen molar-refractivity contribution in [3.63, 3.8) is 0 Å². The average molecular weight is 259 g/mol. The van der Waals surface area contributed by atoms with Crippen molar-refractivity contribution in [3.8, 4) is 0 Å². The standard InChI is InChI=1S/C13H13N3O3/c1-3-16(8(2)17)12-10-5-4-9(13(18)19)6-11(10)14-7-15-12/h4-7H,3H2,1-2H3,(H,18,19). The van der Waals surface area contributed by atoms with Crippen LogP contribution in [0.25, 0.3) is 10.9 Å². The summed E-state index contributed by atoms with van der Waals surface area (Å²) in [5, 5.41) is 9.61. The fourth-order valence-electron chi connectivity index (χ4n) is 1.91. The molecule has 1 heterocycles. The Balaban J connectivity index is 2.64. The van der Waals surface area contributed by atoms with Gasteiger partial charge in [0.15, 0.2) is 0 Å². The first-order valence-corrected chi connectivity index (χ1v) is 5.80. The number of amides is 1. The van der Waals surface area contributed by atoms with Crippen LogP contribution in [0.4, 0.5) is 5.82 Å². The summed E-state index contributed by atoms with van der Waals surface area (Å²) in [7, 11) is 0. The van der Waals surface area contributed by atoms with Gasteiger partial charge in [-0.1, -0.05) is 0 Å². The van der Waals surface area contributed by atoms with E-state index in [-0.39, 0.29) is 11.5 Å². The van der Waals surface area contributed by atoms with Gasteiger partial charge in [-0.2, -0.15) is 0 Å². The number of carboxylic acid groups (broad SMARTS) is 1. The SMILES string of the molecule is CCN(C(C)=O)c1ncnc2cc(C(=O)O)ccc12. The molecule has 1 amide bonds. The van der Waals surface area contributed by atoms with E-state index < -0.39 is 5.97 Å². The molecule has 19 heavy (non-hydrogen) atoms. The first-order valence-electron chi connectivity index (χ1n) is 5.80. The maximum atomic E-state index is 11.6. The number of hydrogen-bond donors (Lipinski definition) is 1. The molecule has 0 saturated heterocycles. The van der Waals surface area contributed by atoms with Gasteiger partial charge in [0.2, 0.25) is 5.91 Å². The molecule has 6 heteroatoms. The van der Waals surface area contributed by atoms with Crippen LogP contribution in [0.15, 0.2) is 24.5 Å². The molecule has 0 aliphatic carbocycles. The molecule has 98 valence electrons. The molecule has 2 aromatic rings. The largest absolute Gasteiger partial charge is 0.478 e. The third kappa shape index (κ3) is 2.37. The van der Waals surface area contributed by atoms with E-state index in [1.54, 1.807) is 6.07 Å². The van der Waals surface area contributed by atoms with E-state index >= 15 is 0 Å². The molecule has 0 fully saturated rings. The minimum absolute atomic E-state index is 0.121. The van der Waals surface area contributed by atoms with Gasteiger partial charge in [0.25, 0.3) is 0 Å². The summed E-state index contributed by atoms with van der Waals surface area (Å²) in [4.78, 5) is 32.2. The number of aromatic nitrogens is 2. The molecule has 0 aliphatic rings. The quantitative estimate of drug-likeness (QED) is 0.907. The van der Waals surface area contributed by atoms with Gasteiger partial charge in [-0.3, -0.25) is 9.69 Å². The molecule has 0 atom stereocenters. The first kappa shape index (κ1) is 12.9. The second-order valence-corrected chi connectivity index (χ2v) is 4.00. The van der Waals surface area contributed by atoms with Crippen molar-refractivity contribution in [2.75, 3.05) is 11.4 Å². The number of carboxylic acids is 1. The van der Waals surface area contributed by atoms with Crippen LogP contribution >= 0.6 is 0 Å². The number of hydrogen-bond acceptors (Lipinski definition) is 4. The van der Waals surface area contributed by atoms with Crippen LogP contribution in [-0.4, -0.2) is 33.5 Å². The second-order valence-electron chi connectivity index (χ2n) is 4.00. The van der Waals surface area contributed by atoms with Crippen LogP contribution in [0.2, 0.25) is 0 Å². The Morgan fingerprint density at radius 2 is 2.05 bits per heavy atom. The Bertz CT molecular complexity index is 655. The number of carbonyl (C=O) groups is 2. The Morgan fingerprint density at radius 3 is 2.63 bits per heavy atom.